The van der Waals surface area contributed by atoms with Gasteiger partial charge in [0, 0.05) is 32.7 Å². The van der Waals surface area contributed by atoms with Crippen molar-refractivity contribution >= 4 is 27.3 Å². The molecular weight excluding hydrogens is 310 g/mol. The van der Waals surface area contributed by atoms with Gasteiger partial charge in [-0.25, -0.2) is 8.42 Å². The summed E-state index contributed by atoms with van der Waals surface area (Å²) in [7, 11) is -3.63. The van der Waals surface area contributed by atoms with Crippen molar-refractivity contribution in [2.24, 2.45) is 5.92 Å². The van der Waals surface area contributed by atoms with Crippen molar-refractivity contribution in [1.29, 1.82) is 0 Å². The second kappa shape index (κ2) is 6.52. The van der Waals surface area contributed by atoms with Gasteiger partial charge in [0.2, 0.25) is 10.0 Å². The summed E-state index contributed by atoms with van der Waals surface area (Å²) >= 11 is 6.03. The lowest BCUT2D eigenvalue weighted by molar-refractivity contribution is 0.172. The Kier molecular flexibility index (Phi) is 5.14. The van der Waals surface area contributed by atoms with E-state index < -0.39 is 10.0 Å². The molecule has 2 N–H and O–H groups in total. The van der Waals surface area contributed by atoms with E-state index in [1.165, 1.54) is 4.31 Å². The first kappa shape index (κ1) is 16.5. The highest BCUT2D eigenvalue weighted by molar-refractivity contribution is 7.89. The Bertz CT molecular complexity index is 576. The molecule has 0 aromatic heterocycles. The molecule has 1 saturated heterocycles. The fourth-order valence-electron chi connectivity index (χ4n) is 2.60. The highest BCUT2D eigenvalue weighted by Gasteiger charge is 2.31. The molecule has 0 saturated carbocycles. The van der Waals surface area contributed by atoms with E-state index in [2.05, 4.69) is 18.7 Å². The van der Waals surface area contributed by atoms with Gasteiger partial charge in [-0.1, -0.05) is 31.5 Å². The van der Waals surface area contributed by atoms with Gasteiger partial charge < -0.3 is 10.6 Å². The fourth-order valence-corrected chi connectivity index (χ4v) is 4.65. The molecule has 0 aliphatic carbocycles. The zero-order valence-corrected chi connectivity index (χ0v) is 14.0. The number of piperazine rings is 1. The molecule has 2 rings (SSSR count). The van der Waals surface area contributed by atoms with Crippen molar-refractivity contribution in [3.05, 3.63) is 23.2 Å². The van der Waals surface area contributed by atoms with E-state index in [9.17, 15) is 8.42 Å². The number of hydrogen-bond donors (Lipinski definition) is 1. The van der Waals surface area contributed by atoms with Crippen LogP contribution in [-0.2, 0) is 10.0 Å². The summed E-state index contributed by atoms with van der Waals surface area (Å²) in [6.45, 7) is 7.73. The number of benzene rings is 1. The van der Waals surface area contributed by atoms with Crippen molar-refractivity contribution < 1.29 is 8.42 Å². The van der Waals surface area contributed by atoms with Gasteiger partial charge in [0.1, 0.15) is 4.90 Å². The molecule has 0 radical (unpaired) electrons. The maximum atomic E-state index is 12.7. The highest BCUT2D eigenvalue weighted by Crippen LogP contribution is 2.30. The summed E-state index contributed by atoms with van der Waals surface area (Å²) in [5.74, 6) is 0.576. The van der Waals surface area contributed by atoms with Crippen molar-refractivity contribution in [3.63, 3.8) is 0 Å². The van der Waals surface area contributed by atoms with Crippen LogP contribution < -0.4 is 5.73 Å². The van der Waals surface area contributed by atoms with Crippen LogP contribution in [0, 0.1) is 5.92 Å². The summed E-state index contributed by atoms with van der Waals surface area (Å²) in [6.07, 6.45) is 0. The molecule has 1 fully saturated rings. The lowest BCUT2D eigenvalue weighted by Crippen LogP contribution is -2.49. The molecule has 1 aromatic carbocycles. The van der Waals surface area contributed by atoms with Crippen LogP contribution in [0.15, 0.2) is 23.1 Å². The molecule has 0 amide bonds. The van der Waals surface area contributed by atoms with E-state index in [0.29, 0.717) is 19.0 Å². The molecule has 0 atom stereocenters. The Morgan fingerprint density at radius 3 is 2.38 bits per heavy atom. The smallest absolute Gasteiger partial charge is 0.246 e. The molecule has 118 valence electrons. The first-order chi connectivity index (χ1) is 9.82. The number of anilines is 1. The van der Waals surface area contributed by atoms with Gasteiger partial charge in [-0.15, -0.1) is 0 Å². The number of halogens is 1. The van der Waals surface area contributed by atoms with Gasteiger partial charge in [0.05, 0.1) is 10.7 Å². The number of hydrogen-bond acceptors (Lipinski definition) is 4. The monoisotopic (exact) mass is 331 g/mol. The average molecular weight is 332 g/mol. The Hall–Kier alpha value is -0.820. The lowest BCUT2D eigenvalue weighted by atomic mass is 10.2. The Morgan fingerprint density at radius 1 is 1.24 bits per heavy atom. The topological polar surface area (TPSA) is 66.6 Å². The van der Waals surface area contributed by atoms with Crippen molar-refractivity contribution in [3.8, 4) is 0 Å². The molecule has 0 spiro atoms. The van der Waals surface area contributed by atoms with Crippen LogP contribution in [0.3, 0.4) is 0 Å². The molecular formula is C14H22ClN3O2S. The summed E-state index contributed by atoms with van der Waals surface area (Å²) in [5.41, 5.74) is 6.01. The summed E-state index contributed by atoms with van der Waals surface area (Å²) in [4.78, 5) is 2.32. The van der Waals surface area contributed by atoms with E-state index in [4.69, 9.17) is 17.3 Å². The predicted octanol–water partition coefficient (Wildman–Crippen LogP) is 1.88. The molecule has 1 aromatic rings. The predicted molar refractivity (Wildman–Crippen MR) is 85.9 cm³/mol. The number of nitrogen functional groups attached to an aromatic ring is 1. The first-order valence-corrected chi connectivity index (χ1v) is 8.90. The first-order valence-electron chi connectivity index (χ1n) is 7.09. The SMILES string of the molecule is CC(C)CN1CCN(S(=O)(=O)c2c(N)cccc2Cl)CC1. The molecule has 7 heteroatoms. The second-order valence-corrected chi connectivity index (χ2v) is 8.04. The Balaban J connectivity index is 2.16. The standard InChI is InChI=1S/C14H22ClN3O2S/c1-11(2)10-17-6-8-18(9-7-17)21(19,20)14-12(15)4-3-5-13(14)16/h3-5,11H,6-10,16H2,1-2H3. The van der Waals surface area contributed by atoms with Crippen molar-refractivity contribution in [1.82, 2.24) is 9.21 Å². The molecule has 0 unspecified atom stereocenters. The zero-order valence-electron chi connectivity index (χ0n) is 12.4. The van der Waals surface area contributed by atoms with Gasteiger partial charge in [0.25, 0.3) is 0 Å². The van der Waals surface area contributed by atoms with Crippen LogP contribution in [0.2, 0.25) is 5.02 Å². The largest absolute Gasteiger partial charge is 0.398 e. The minimum absolute atomic E-state index is 0.0315. The number of rotatable bonds is 4. The van der Waals surface area contributed by atoms with Crippen LogP contribution in [0.4, 0.5) is 5.69 Å². The Morgan fingerprint density at radius 2 is 1.86 bits per heavy atom. The van der Waals surface area contributed by atoms with E-state index in [1.807, 2.05) is 0 Å². The number of nitrogens with zero attached hydrogens (tertiary/aromatic N) is 2. The summed E-state index contributed by atoms with van der Waals surface area (Å²) in [6, 6.07) is 4.77. The third-order valence-electron chi connectivity index (χ3n) is 3.55. The van der Waals surface area contributed by atoms with Crippen molar-refractivity contribution in [2.45, 2.75) is 18.7 Å². The van der Waals surface area contributed by atoms with Crippen molar-refractivity contribution in [2.75, 3.05) is 38.5 Å². The van der Waals surface area contributed by atoms with E-state index >= 15 is 0 Å². The molecule has 1 aliphatic rings. The van der Waals surface area contributed by atoms with Crippen LogP contribution in [0.25, 0.3) is 0 Å². The van der Waals surface area contributed by atoms with Crippen LogP contribution in [-0.4, -0.2) is 50.3 Å². The quantitative estimate of drug-likeness (QED) is 0.855. The normalized spacial score (nSPS) is 18.3. The van der Waals surface area contributed by atoms with E-state index in [1.54, 1.807) is 18.2 Å². The van der Waals surface area contributed by atoms with Gasteiger partial charge in [-0.2, -0.15) is 4.31 Å². The molecule has 1 aliphatic heterocycles. The maximum absolute atomic E-state index is 12.7. The zero-order chi connectivity index (χ0) is 15.6. The molecule has 0 bridgehead atoms. The molecule has 21 heavy (non-hydrogen) atoms. The maximum Gasteiger partial charge on any atom is 0.246 e. The minimum Gasteiger partial charge on any atom is -0.398 e. The highest BCUT2D eigenvalue weighted by atomic mass is 35.5. The lowest BCUT2D eigenvalue weighted by Gasteiger charge is -2.35. The minimum atomic E-state index is -3.63. The van der Waals surface area contributed by atoms with Gasteiger partial charge >= 0.3 is 0 Å². The third-order valence-corrected chi connectivity index (χ3v) is 5.99. The van der Waals surface area contributed by atoms with Gasteiger partial charge in [-0.05, 0) is 18.1 Å². The van der Waals surface area contributed by atoms with Crippen LogP contribution in [0.5, 0.6) is 0 Å². The Labute approximate surface area is 131 Å². The fraction of sp³-hybridized carbons (Fsp3) is 0.571. The number of sulfonamides is 1. The summed E-state index contributed by atoms with van der Waals surface area (Å²) in [5, 5.41) is 0.180. The molecule has 5 nitrogen and oxygen atoms in total. The van der Waals surface area contributed by atoms with Crippen LogP contribution in [0.1, 0.15) is 13.8 Å². The third kappa shape index (κ3) is 3.69. The summed E-state index contributed by atoms with van der Waals surface area (Å²) < 4.78 is 26.9. The number of nitrogens with two attached hydrogens (primary N) is 1. The van der Waals surface area contributed by atoms with E-state index in [-0.39, 0.29) is 15.6 Å². The van der Waals surface area contributed by atoms with Gasteiger partial charge in [-0.3, -0.25) is 0 Å². The van der Waals surface area contributed by atoms with Crippen LogP contribution >= 0.6 is 11.6 Å². The molecule has 1 heterocycles. The van der Waals surface area contributed by atoms with E-state index in [0.717, 1.165) is 19.6 Å². The second-order valence-electron chi connectivity index (χ2n) is 5.76. The van der Waals surface area contributed by atoms with Gasteiger partial charge in [0.15, 0.2) is 0 Å². The average Bonchev–Trinajstić information content (AvgIpc) is 2.38.